The van der Waals surface area contributed by atoms with Crippen molar-refractivity contribution < 1.29 is 5.21 Å². The minimum Gasteiger partial charge on any atom is -0.411 e. The molecule has 1 unspecified atom stereocenters. The minimum atomic E-state index is 0.143. The van der Waals surface area contributed by atoms with E-state index in [1.54, 1.807) is 12.4 Å². The predicted octanol–water partition coefficient (Wildman–Crippen LogP) is 3.03. The fourth-order valence-corrected chi connectivity index (χ4v) is 3.43. The Balaban J connectivity index is 1.79. The number of anilines is 1. The normalized spacial score (nSPS) is 18.1. The van der Waals surface area contributed by atoms with Crippen LogP contribution in [0.3, 0.4) is 0 Å². The van der Waals surface area contributed by atoms with Crippen molar-refractivity contribution in [2.75, 3.05) is 5.73 Å². The number of benzene rings is 1. The maximum absolute atomic E-state index is 9.45. The van der Waals surface area contributed by atoms with Gasteiger partial charge in [-0.05, 0) is 29.5 Å². The summed E-state index contributed by atoms with van der Waals surface area (Å²) in [6, 6.07) is 12.2. The molecule has 4 rings (SSSR count). The molecule has 6 heteroatoms. The van der Waals surface area contributed by atoms with Gasteiger partial charge in [-0.3, -0.25) is 4.98 Å². The quantitative estimate of drug-likeness (QED) is 0.555. The van der Waals surface area contributed by atoms with Crippen LogP contribution in [0.25, 0.3) is 11.1 Å². The first kappa shape index (κ1) is 15.3. The summed E-state index contributed by atoms with van der Waals surface area (Å²) in [6.45, 7) is 0. The predicted molar refractivity (Wildman–Crippen MR) is 95.5 cm³/mol. The Morgan fingerprint density at radius 3 is 2.72 bits per heavy atom. The van der Waals surface area contributed by atoms with Gasteiger partial charge in [0.15, 0.2) is 0 Å². The van der Waals surface area contributed by atoms with E-state index in [9.17, 15) is 5.21 Å². The number of rotatable bonds is 2. The Bertz CT molecular complexity index is 940. The zero-order chi connectivity index (χ0) is 17.2. The van der Waals surface area contributed by atoms with Crippen LogP contribution in [0.5, 0.6) is 0 Å². The van der Waals surface area contributed by atoms with E-state index in [2.05, 4.69) is 32.2 Å². The van der Waals surface area contributed by atoms with Crippen LogP contribution in [0, 0.1) is 0 Å². The lowest BCUT2D eigenvalue weighted by molar-refractivity contribution is 0.316. The summed E-state index contributed by atoms with van der Waals surface area (Å²) >= 11 is 0. The van der Waals surface area contributed by atoms with Crippen molar-refractivity contribution in [3.05, 3.63) is 71.8 Å². The van der Waals surface area contributed by atoms with Gasteiger partial charge in [0, 0.05) is 36.1 Å². The monoisotopic (exact) mass is 331 g/mol. The molecule has 0 bridgehead atoms. The van der Waals surface area contributed by atoms with E-state index in [1.165, 1.54) is 5.56 Å². The van der Waals surface area contributed by atoms with Crippen molar-refractivity contribution in [3.8, 4) is 11.1 Å². The standard InChI is InChI=1S/C19H17N5O/c20-19-22-11-16-17(23-19)8-13(9-18(16)24-25)15-6-2-1-5-14(15)12-4-3-7-21-10-12/h1-7,10-11,13,25H,8-9H2,(H2,20,22,23)/b24-18-. The molecule has 0 radical (unpaired) electrons. The molecule has 1 aliphatic carbocycles. The molecule has 0 spiro atoms. The maximum Gasteiger partial charge on any atom is 0.220 e. The number of fused-ring (bicyclic) bond motifs is 1. The van der Waals surface area contributed by atoms with Crippen LogP contribution in [-0.4, -0.2) is 25.9 Å². The zero-order valence-corrected chi connectivity index (χ0v) is 13.5. The summed E-state index contributed by atoms with van der Waals surface area (Å²) in [7, 11) is 0. The summed E-state index contributed by atoms with van der Waals surface area (Å²) in [6.07, 6.45) is 6.60. The Morgan fingerprint density at radius 2 is 1.92 bits per heavy atom. The molecule has 25 heavy (non-hydrogen) atoms. The molecule has 6 nitrogen and oxygen atoms in total. The Kier molecular flexibility index (Phi) is 3.85. The van der Waals surface area contributed by atoms with Gasteiger partial charge in [0.05, 0.1) is 11.4 Å². The number of nitrogen functional groups attached to an aromatic ring is 1. The van der Waals surface area contributed by atoms with E-state index < -0.39 is 0 Å². The second kappa shape index (κ2) is 6.32. The number of oxime groups is 1. The summed E-state index contributed by atoms with van der Waals surface area (Å²) in [5.74, 6) is 0.376. The zero-order valence-electron chi connectivity index (χ0n) is 13.5. The fourth-order valence-electron chi connectivity index (χ4n) is 3.43. The highest BCUT2D eigenvalue weighted by atomic mass is 16.4. The van der Waals surface area contributed by atoms with Crippen LogP contribution >= 0.6 is 0 Å². The molecule has 0 saturated heterocycles. The van der Waals surface area contributed by atoms with Gasteiger partial charge in [-0.2, -0.15) is 0 Å². The number of aromatic nitrogens is 3. The van der Waals surface area contributed by atoms with Crippen LogP contribution < -0.4 is 5.73 Å². The lowest BCUT2D eigenvalue weighted by Gasteiger charge is -2.26. The van der Waals surface area contributed by atoms with Gasteiger partial charge in [0.2, 0.25) is 5.95 Å². The van der Waals surface area contributed by atoms with E-state index in [1.807, 2.05) is 30.5 Å². The van der Waals surface area contributed by atoms with Crippen LogP contribution in [-0.2, 0) is 6.42 Å². The molecule has 1 aromatic carbocycles. The molecule has 124 valence electrons. The molecular formula is C19H17N5O. The first-order valence-corrected chi connectivity index (χ1v) is 8.08. The minimum absolute atomic E-state index is 0.143. The lowest BCUT2D eigenvalue weighted by Crippen LogP contribution is -2.22. The first-order valence-electron chi connectivity index (χ1n) is 8.08. The molecule has 2 heterocycles. The molecule has 2 aromatic heterocycles. The molecular weight excluding hydrogens is 314 g/mol. The number of hydrogen-bond donors (Lipinski definition) is 2. The van der Waals surface area contributed by atoms with Crippen molar-refractivity contribution >= 4 is 11.7 Å². The average Bonchev–Trinajstić information content (AvgIpc) is 2.67. The largest absolute Gasteiger partial charge is 0.411 e. The molecule has 0 amide bonds. The van der Waals surface area contributed by atoms with Crippen molar-refractivity contribution in [1.29, 1.82) is 0 Å². The van der Waals surface area contributed by atoms with Gasteiger partial charge >= 0.3 is 0 Å². The van der Waals surface area contributed by atoms with E-state index in [4.69, 9.17) is 5.73 Å². The highest BCUT2D eigenvalue weighted by Crippen LogP contribution is 2.37. The molecule has 3 aromatic rings. The van der Waals surface area contributed by atoms with Gasteiger partial charge in [-0.1, -0.05) is 35.5 Å². The van der Waals surface area contributed by atoms with E-state index in [0.29, 0.717) is 12.1 Å². The maximum atomic E-state index is 9.45. The number of nitrogens with two attached hydrogens (primary N) is 1. The lowest BCUT2D eigenvalue weighted by atomic mass is 9.79. The molecule has 0 aliphatic heterocycles. The number of hydrogen-bond acceptors (Lipinski definition) is 6. The Hall–Kier alpha value is -3.28. The molecule has 0 saturated carbocycles. The summed E-state index contributed by atoms with van der Waals surface area (Å²) < 4.78 is 0. The van der Waals surface area contributed by atoms with E-state index in [-0.39, 0.29) is 11.9 Å². The van der Waals surface area contributed by atoms with Gasteiger partial charge in [-0.15, -0.1) is 0 Å². The SMILES string of the molecule is Nc1ncc2c(n1)CC(c1ccccc1-c1cccnc1)C/C2=N/O. The Morgan fingerprint density at radius 1 is 1.04 bits per heavy atom. The molecule has 3 N–H and O–H groups in total. The first-order chi connectivity index (χ1) is 12.3. The highest BCUT2D eigenvalue weighted by Gasteiger charge is 2.28. The van der Waals surface area contributed by atoms with Crippen molar-refractivity contribution in [2.45, 2.75) is 18.8 Å². The average molecular weight is 331 g/mol. The number of pyridine rings is 1. The second-order valence-corrected chi connectivity index (χ2v) is 6.07. The smallest absolute Gasteiger partial charge is 0.220 e. The molecule has 1 aliphatic rings. The van der Waals surface area contributed by atoms with Crippen LogP contribution in [0.2, 0.25) is 0 Å². The Labute approximate surface area is 145 Å². The number of nitrogens with zero attached hydrogens (tertiary/aromatic N) is 4. The third-order valence-electron chi connectivity index (χ3n) is 4.57. The van der Waals surface area contributed by atoms with Gasteiger partial charge in [0.1, 0.15) is 0 Å². The third-order valence-corrected chi connectivity index (χ3v) is 4.57. The van der Waals surface area contributed by atoms with Gasteiger partial charge in [0.25, 0.3) is 0 Å². The summed E-state index contributed by atoms with van der Waals surface area (Å²) in [4.78, 5) is 12.6. The van der Waals surface area contributed by atoms with E-state index >= 15 is 0 Å². The second-order valence-electron chi connectivity index (χ2n) is 6.07. The van der Waals surface area contributed by atoms with E-state index in [0.717, 1.165) is 28.8 Å². The molecule has 1 atom stereocenters. The fraction of sp³-hybridized carbons (Fsp3) is 0.158. The van der Waals surface area contributed by atoms with Crippen molar-refractivity contribution in [1.82, 2.24) is 15.0 Å². The van der Waals surface area contributed by atoms with Crippen LogP contribution in [0.1, 0.15) is 29.2 Å². The van der Waals surface area contributed by atoms with Crippen molar-refractivity contribution in [3.63, 3.8) is 0 Å². The molecule has 0 fully saturated rings. The third kappa shape index (κ3) is 2.82. The van der Waals surface area contributed by atoms with Gasteiger partial charge < -0.3 is 10.9 Å². The highest BCUT2D eigenvalue weighted by molar-refractivity contribution is 6.02. The van der Waals surface area contributed by atoms with Crippen LogP contribution in [0.15, 0.2) is 60.1 Å². The summed E-state index contributed by atoms with van der Waals surface area (Å²) in [5, 5.41) is 12.9. The summed E-state index contributed by atoms with van der Waals surface area (Å²) in [5.41, 5.74) is 11.3. The van der Waals surface area contributed by atoms with Gasteiger partial charge in [-0.25, -0.2) is 9.97 Å². The van der Waals surface area contributed by atoms with Crippen LogP contribution in [0.4, 0.5) is 5.95 Å². The van der Waals surface area contributed by atoms with Crippen molar-refractivity contribution in [2.24, 2.45) is 5.16 Å². The topological polar surface area (TPSA) is 97.3 Å².